The molecule has 0 aromatic carbocycles. The fraction of sp³-hybridized carbons (Fsp3) is 0.875. The summed E-state index contributed by atoms with van der Waals surface area (Å²) in [6.07, 6.45) is 0. The zero-order valence-electron chi connectivity index (χ0n) is 7.66. The number of carbonyl (C=O) groups excluding carboxylic acids is 1. The number of nitrogens with one attached hydrogen (secondary N) is 1. The Kier molecular flexibility index (Phi) is 5.43. The largest absolute Gasteiger partial charge is 0.354 e. The Morgan fingerprint density at radius 1 is 1.69 bits per heavy atom. The number of amides is 1. The molecular weight excluding hydrogens is 222 g/mol. The van der Waals surface area contributed by atoms with Crippen LogP contribution in [0.5, 0.6) is 0 Å². The van der Waals surface area contributed by atoms with Gasteiger partial charge in [0.1, 0.15) is 0 Å². The van der Waals surface area contributed by atoms with Gasteiger partial charge in [0, 0.05) is 29.1 Å². The highest BCUT2D eigenvalue weighted by Crippen LogP contribution is 2.23. The van der Waals surface area contributed by atoms with Crippen LogP contribution in [0.1, 0.15) is 6.92 Å². The van der Waals surface area contributed by atoms with Gasteiger partial charge in [-0.3, -0.25) is 4.79 Å². The minimum absolute atomic E-state index is 0.0412. The first-order valence-corrected chi connectivity index (χ1v) is 7.07. The van der Waals surface area contributed by atoms with Crippen LogP contribution in [0, 0.1) is 0 Å². The second-order valence-corrected chi connectivity index (χ2v) is 6.32. The standard InChI is InChI=1S/C8H15NOS3/c1-6(11)8(10)9-4-7-5-12-2-3-13-7/h6-7,11H,2-5H2,1H3,(H,9,10). The maximum absolute atomic E-state index is 11.2. The summed E-state index contributed by atoms with van der Waals surface area (Å²) in [5.74, 6) is 3.66. The van der Waals surface area contributed by atoms with Gasteiger partial charge in [0.05, 0.1) is 5.25 Å². The van der Waals surface area contributed by atoms with Gasteiger partial charge >= 0.3 is 0 Å². The number of carbonyl (C=O) groups is 1. The third kappa shape index (κ3) is 4.51. The van der Waals surface area contributed by atoms with E-state index in [1.165, 1.54) is 11.5 Å². The molecule has 0 aliphatic carbocycles. The molecule has 1 rings (SSSR count). The van der Waals surface area contributed by atoms with Crippen molar-refractivity contribution in [1.29, 1.82) is 0 Å². The monoisotopic (exact) mass is 237 g/mol. The van der Waals surface area contributed by atoms with Crippen LogP contribution in [0.4, 0.5) is 0 Å². The molecule has 1 N–H and O–H groups in total. The van der Waals surface area contributed by atoms with Gasteiger partial charge in [-0.25, -0.2) is 0 Å². The van der Waals surface area contributed by atoms with Crippen LogP contribution in [-0.2, 0) is 4.79 Å². The summed E-state index contributed by atoms with van der Waals surface area (Å²) in [4.78, 5) is 11.2. The summed E-state index contributed by atoms with van der Waals surface area (Å²) in [6, 6.07) is 0. The van der Waals surface area contributed by atoms with Gasteiger partial charge < -0.3 is 5.32 Å². The first kappa shape index (κ1) is 11.6. The first-order chi connectivity index (χ1) is 6.20. The molecule has 76 valence electrons. The quantitative estimate of drug-likeness (QED) is 0.724. The number of hydrogen-bond donors (Lipinski definition) is 2. The zero-order chi connectivity index (χ0) is 9.68. The van der Waals surface area contributed by atoms with Gasteiger partial charge in [-0.1, -0.05) is 0 Å². The molecule has 1 heterocycles. The minimum atomic E-state index is -0.193. The van der Waals surface area contributed by atoms with Crippen LogP contribution >= 0.6 is 36.2 Å². The Labute approximate surface area is 93.4 Å². The lowest BCUT2D eigenvalue weighted by molar-refractivity contribution is -0.120. The molecule has 0 radical (unpaired) electrons. The molecule has 1 amide bonds. The van der Waals surface area contributed by atoms with E-state index in [0.29, 0.717) is 5.25 Å². The number of rotatable bonds is 3. The van der Waals surface area contributed by atoms with E-state index in [1.807, 2.05) is 23.5 Å². The molecule has 0 bridgehead atoms. The van der Waals surface area contributed by atoms with Crippen LogP contribution in [0.2, 0.25) is 0 Å². The lowest BCUT2D eigenvalue weighted by atomic mass is 10.4. The summed E-state index contributed by atoms with van der Waals surface area (Å²) in [5, 5.41) is 3.30. The Balaban J connectivity index is 2.13. The molecule has 5 heteroatoms. The molecule has 1 aliphatic rings. The minimum Gasteiger partial charge on any atom is -0.354 e. The van der Waals surface area contributed by atoms with E-state index in [0.717, 1.165) is 12.3 Å². The van der Waals surface area contributed by atoms with Gasteiger partial charge in [0.15, 0.2) is 0 Å². The van der Waals surface area contributed by atoms with Gasteiger partial charge in [-0.2, -0.15) is 36.2 Å². The molecular formula is C8H15NOS3. The second-order valence-electron chi connectivity index (χ2n) is 2.99. The molecule has 1 aliphatic heterocycles. The molecule has 2 unspecified atom stereocenters. The lowest BCUT2D eigenvalue weighted by Crippen LogP contribution is -2.36. The maximum atomic E-state index is 11.2. The smallest absolute Gasteiger partial charge is 0.232 e. The molecule has 0 saturated carbocycles. The first-order valence-electron chi connectivity index (χ1n) is 4.35. The molecule has 1 fully saturated rings. The third-order valence-corrected chi connectivity index (χ3v) is 4.85. The van der Waals surface area contributed by atoms with Crippen molar-refractivity contribution < 1.29 is 4.79 Å². The van der Waals surface area contributed by atoms with Gasteiger partial charge in [0.2, 0.25) is 5.91 Å². The molecule has 1 saturated heterocycles. The summed E-state index contributed by atoms with van der Waals surface area (Å²) in [5.41, 5.74) is 0. The summed E-state index contributed by atoms with van der Waals surface area (Å²) in [7, 11) is 0. The average molecular weight is 237 g/mol. The number of hydrogen-bond acceptors (Lipinski definition) is 4. The van der Waals surface area contributed by atoms with Crippen LogP contribution < -0.4 is 5.32 Å². The van der Waals surface area contributed by atoms with Crippen molar-refractivity contribution in [2.45, 2.75) is 17.4 Å². The molecule has 0 aromatic rings. The molecule has 13 heavy (non-hydrogen) atoms. The average Bonchev–Trinajstić information content (AvgIpc) is 2.15. The van der Waals surface area contributed by atoms with E-state index in [-0.39, 0.29) is 11.2 Å². The van der Waals surface area contributed by atoms with Crippen molar-refractivity contribution >= 4 is 42.1 Å². The Bertz CT molecular complexity index is 169. The second kappa shape index (κ2) is 6.09. The van der Waals surface area contributed by atoms with Crippen LogP contribution in [0.25, 0.3) is 0 Å². The van der Waals surface area contributed by atoms with Crippen molar-refractivity contribution in [2.75, 3.05) is 23.8 Å². The van der Waals surface area contributed by atoms with Crippen molar-refractivity contribution in [3.8, 4) is 0 Å². The molecule has 0 spiro atoms. The summed E-state index contributed by atoms with van der Waals surface area (Å²) < 4.78 is 0. The summed E-state index contributed by atoms with van der Waals surface area (Å²) in [6.45, 7) is 2.59. The molecule has 2 nitrogen and oxygen atoms in total. The van der Waals surface area contributed by atoms with Gasteiger partial charge in [-0.15, -0.1) is 0 Å². The van der Waals surface area contributed by atoms with Crippen LogP contribution in [0.15, 0.2) is 0 Å². The third-order valence-electron chi connectivity index (χ3n) is 1.77. The Morgan fingerprint density at radius 2 is 2.46 bits per heavy atom. The van der Waals surface area contributed by atoms with Gasteiger partial charge in [0.25, 0.3) is 0 Å². The zero-order valence-corrected chi connectivity index (χ0v) is 10.2. The normalized spacial score (nSPS) is 25.2. The predicted molar refractivity (Wildman–Crippen MR) is 65.0 cm³/mol. The van der Waals surface area contributed by atoms with E-state index in [2.05, 4.69) is 17.9 Å². The lowest BCUT2D eigenvalue weighted by Gasteiger charge is -2.21. The van der Waals surface area contributed by atoms with Crippen molar-refractivity contribution in [3.63, 3.8) is 0 Å². The number of thioether (sulfide) groups is 2. The Hall–Kier alpha value is 0.520. The fourth-order valence-corrected chi connectivity index (χ4v) is 3.72. The van der Waals surface area contributed by atoms with E-state index in [4.69, 9.17) is 0 Å². The summed E-state index contributed by atoms with van der Waals surface area (Å²) >= 11 is 8.00. The number of thiol groups is 1. The van der Waals surface area contributed by atoms with Gasteiger partial charge in [-0.05, 0) is 6.92 Å². The molecule has 2 atom stereocenters. The van der Waals surface area contributed by atoms with Crippen molar-refractivity contribution in [2.24, 2.45) is 0 Å². The topological polar surface area (TPSA) is 29.1 Å². The van der Waals surface area contributed by atoms with Crippen LogP contribution in [0.3, 0.4) is 0 Å². The SMILES string of the molecule is CC(S)C(=O)NCC1CSCCS1. The van der Waals surface area contributed by atoms with E-state index in [9.17, 15) is 4.79 Å². The highest BCUT2D eigenvalue weighted by molar-refractivity contribution is 8.06. The van der Waals surface area contributed by atoms with Crippen molar-refractivity contribution in [1.82, 2.24) is 5.32 Å². The van der Waals surface area contributed by atoms with Crippen LogP contribution in [-0.4, -0.2) is 40.2 Å². The highest BCUT2D eigenvalue weighted by atomic mass is 32.2. The van der Waals surface area contributed by atoms with E-state index < -0.39 is 0 Å². The predicted octanol–water partition coefficient (Wildman–Crippen LogP) is 1.27. The molecule has 0 aromatic heterocycles. The van der Waals surface area contributed by atoms with E-state index >= 15 is 0 Å². The van der Waals surface area contributed by atoms with E-state index in [1.54, 1.807) is 6.92 Å². The Morgan fingerprint density at radius 3 is 3.00 bits per heavy atom. The highest BCUT2D eigenvalue weighted by Gasteiger charge is 2.15. The maximum Gasteiger partial charge on any atom is 0.232 e. The fourth-order valence-electron chi connectivity index (χ4n) is 1.02. The van der Waals surface area contributed by atoms with Crippen molar-refractivity contribution in [3.05, 3.63) is 0 Å².